The number of hydrogen-bond donors (Lipinski definition) is 2. The van der Waals surface area contributed by atoms with Crippen molar-refractivity contribution in [3.8, 4) is 11.5 Å². The molecular weight excluding hydrogens is 362 g/mol. The second-order valence-corrected chi connectivity index (χ2v) is 7.00. The Bertz CT molecular complexity index is 1010. The smallest absolute Gasteiger partial charge is 0.227 e. The predicted molar refractivity (Wildman–Crippen MR) is 104 cm³/mol. The van der Waals surface area contributed by atoms with E-state index in [9.17, 15) is 5.11 Å². The summed E-state index contributed by atoms with van der Waals surface area (Å²) in [6.07, 6.45) is 0.0865. The molecule has 1 saturated heterocycles. The number of nitrogen functional groups attached to an aromatic ring is 1. The highest BCUT2D eigenvalue weighted by Crippen LogP contribution is 2.35. The molecule has 148 valence electrons. The first-order valence-electron chi connectivity index (χ1n) is 9.03. The fraction of sp³-hybridized carbons (Fsp3) is 0.421. The molecule has 0 bridgehead atoms. The van der Waals surface area contributed by atoms with Crippen molar-refractivity contribution in [2.45, 2.75) is 19.4 Å². The van der Waals surface area contributed by atoms with E-state index >= 15 is 0 Å². The summed E-state index contributed by atoms with van der Waals surface area (Å²) in [5.41, 5.74) is 7.66. The molecule has 0 unspecified atom stereocenters. The third-order valence-electron chi connectivity index (χ3n) is 5.05. The van der Waals surface area contributed by atoms with Crippen LogP contribution in [0.1, 0.15) is 11.5 Å². The molecule has 1 aliphatic rings. The lowest BCUT2D eigenvalue weighted by Crippen LogP contribution is -2.23. The first-order valence-corrected chi connectivity index (χ1v) is 9.03. The summed E-state index contributed by atoms with van der Waals surface area (Å²) in [7, 11) is 3.14. The summed E-state index contributed by atoms with van der Waals surface area (Å²) in [4.78, 5) is 11.0. The lowest BCUT2D eigenvalue weighted by Gasteiger charge is -2.17. The molecule has 4 rings (SSSR count). The number of nitrogens with two attached hydrogens (primary N) is 1. The average Bonchev–Trinajstić information content (AvgIpc) is 3.26. The van der Waals surface area contributed by atoms with E-state index in [-0.39, 0.29) is 5.92 Å². The molecule has 3 heterocycles. The molecular formula is C19H23N5O4. The number of ether oxygens (including phenoxy) is 2. The molecule has 28 heavy (non-hydrogen) atoms. The molecule has 0 aliphatic carbocycles. The molecule has 9 heteroatoms. The number of hydrogen-bond acceptors (Lipinski definition) is 9. The maximum Gasteiger partial charge on any atom is 0.227 e. The van der Waals surface area contributed by atoms with Crippen LogP contribution >= 0.6 is 0 Å². The van der Waals surface area contributed by atoms with Crippen molar-refractivity contribution in [1.29, 1.82) is 0 Å². The number of fused-ring (bicyclic) bond motifs is 1. The number of anilines is 2. The van der Waals surface area contributed by atoms with Crippen LogP contribution in [-0.2, 0) is 6.42 Å². The van der Waals surface area contributed by atoms with E-state index < -0.39 is 6.10 Å². The molecule has 2 atom stereocenters. The van der Waals surface area contributed by atoms with E-state index in [2.05, 4.69) is 15.1 Å². The second kappa shape index (κ2) is 7.16. The van der Waals surface area contributed by atoms with Gasteiger partial charge in [-0.1, -0.05) is 5.16 Å². The summed E-state index contributed by atoms with van der Waals surface area (Å²) < 4.78 is 16.0. The van der Waals surface area contributed by atoms with Gasteiger partial charge in [0.15, 0.2) is 11.5 Å². The van der Waals surface area contributed by atoms with Crippen LogP contribution in [0.25, 0.3) is 10.9 Å². The van der Waals surface area contributed by atoms with Gasteiger partial charge in [0.25, 0.3) is 0 Å². The molecule has 3 aromatic rings. The molecule has 0 radical (unpaired) electrons. The largest absolute Gasteiger partial charge is 0.493 e. The van der Waals surface area contributed by atoms with Gasteiger partial charge < -0.3 is 29.7 Å². The van der Waals surface area contributed by atoms with Crippen molar-refractivity contribution in [2.24, 2.45) is 5.92 Å². The molecule has 0 saturated carbocycles. The Hall–Kier alpha value is -3.07. The lowest BCUT2D eigenvalue weighted by molar-refractivity contribution is 0.143. The SMILES string of the molecule is COc1cc2nc(N3C[C@@H](Cc4cc(C)no4)[C@@H](O)C3)nc(N)c2cc1OC. The first-order chi connectivity index (χ1) is 13.5. The minimum Gasteiger partial charge on any atom is -0.493 e. The van der Waals surface area contributed by atoms with E-state index in [0.717, 1.165) is 11.5 Å². The molecule has 1 aliphatic heterocycles. The second-order valence-electron chi connectivity index (χ2n) is 7.00. The molecule has 2 aromatic heterocycles. The molecule has 3 N–H and O–H groups in total. The van der Waals surface area contributed by atoms with E-state index in [1.807, 2.05) is 17.9 Å². The summed E-state index contributed by atoms with van der Waals surface area (Å²) in [5, 5.41) is 15.1. The van der Waals surface area contributed by atoms with Crippen LogP contribution in [0, 0.1) is 12.8 Å². The summed E-state index contributed by atoms with van der Waals surface area (Å²) >= 11 is 0. The predicted octanol–water partition coefficient (Wildman–Crippen LogP) is 1.57. The van der Waals surface area contributed by atoms with Crippen LogP contribution in [0.4, 0.5) is 11.8 Å². The van der Waals surface area contributed by atoms with Crippen molar-refractivity contribution in [2.75, 3.05) is 37.9 Å². The third kappa shape index (κ3) is 3.29. The van der Waals surface area contributed by atoms with Crippen LogP contribution in [0.3, 0.4) is 0 Å². The maximum atomic E-state index is 10.5. The number of nitrogens with zero attached hydrogens (tertiary/aromatic N) is 4. The molecule has 1 aromatic carbocycles. The highest BCUT2D eigenvalue weighted by Gasteiger charge is 2.34. The van der Waals surface area contributed by atoms with Gasteiger partial charge in [0.05, 0.1) is 31.5 Å². The Morgan fingerprint density at radius 2 is 1.93 bits per heavy atom. The minimum absolute atomic E-state index is 0.00160. The van der Waals surface area contributed by atoms with Crippen LogP contribution in [-0.4, -0.2) is 53.6 Å². The van der Waals surface area contributed by atoms with Crippen LogP contribution in [0.5, 0.6) is 11.5 Å². The van der Waals surface area contributed by atoms with Crippen LogP contribution < -0.4 is 20.1 Å². The number of methoxy groups -OCH3 is 2. The van der Waals surface area contributed by atoms with Crippen molar-refractivity contribution in [3.05, 3.63) is 29.7 Å². The van der Waals surface area contributed by atoms with Crippen molar-refractivity contribution in [3.63, 3.8) is 0 Å². The number of aliphatic hydroxyl groups excluding tert-OH is 1. The first kappa shape index (κ1) is 18.3. The van der Waals surface area contributed by atoms with Crippen molar-refractivity contribution >= 4 is 22.7 Å². The van der Waals surface area contributed by atoms with Crippen LogP contribution in [0.2, 0.25) is 0 Å². The van der Waals surface area contributed by atoms with Gasteiger partial charge in [-0.3, -0.25) is 0 Å². The normalized spacial score (nSPS) is 19.4. The van der Waals surface area contributed by atoms with Gasteiger partial charge in [-0.15, -0.1) is 0 Å². The van der Waals surface area contributed by atoms with Gasteiger partial charge in [-0.2, -0.15) is 4.98 Å². The van der Waals surface area contributed by atoms with Gasteiger partial charge in [-0.05, 0) is 13.0 Å². The Balaban J connectivity index is 1.61. The van der Waals surface area contributed by atoms with E-state index in [1.165, 1.54) is 0 Å². The summed E-state index contributed by atoms with van der Waals surface area (Å²) in [6, 6.07) is 5.43. The third-order valence-corrected chi connectivity index (χ3v) is 5.05. The number of β-amino-alcohol motifs (C(OH)–C–C–N with tert-alkyl or cyclic N) is 1. The Kier molecular flexibility index (Phi) is 4.68. The summed E-state index contributed by atoms with van der Waals surface area (Å²) in [5.74, 6) is 2.73. The molecule has 0 amide bonds. The number of rotatable bonds is 5. The van der Waals surface area contributed by atoms with E-state index in [1.54, 1.807) is 26.4 Å². The fourth-order valence-corrected chi connectivity index (χ4v) is 3.60. The molecule has 1 fully saturated rings. The molecule has 9 nitrogen and oxygen atoms in total. The Morgan fingerprint density at radius 1 is 1.18 bits per heavy atom. The Labute approximate surface area is 162 Å². The van der Waals surface area contributed by atoms with Gasteiger partial charge in [0.1, 0.15) is 11.6 Å². The monoisotopic (exact) mass is 385 g/mol. The highest BCUT2D eigenvalue weighted by atomic mass is 16.5. The topological polar surface area (TPSA) is 120 Å². The molecule has 0 spiro atoms. The quantitative estimate of drug-likeness (QED) is 0.674. The van der Waals surface area contributed by atoms with E-state index in [4.69, 9.17) is 19.7 Å². The number of aliphatic hydroxyl groups is 1. The zero-order valence-corrected chi connectivity index (χ0v) is 16.0. The lowest BCUT2D eigenvalue weighted by atomic mass is 10.0. The van der Waals surface area contributed by atoms with Gasteiger partial charge in [-0.25, -0.2) is 4.98 Å². The fourth-order valence-electron chi connectivity index (χ4n) is 3.60. The Morgan fingerprint density at radius 3 is 2.61 bits per heavy atom. The standard InChI is InChI=1S/C19H23N5O4/c1-10-4-12(28-23-10)5-11-8-24(9-15(11)25)19-21-14-7-17(27-3)16(26-2)6-13(14)18(20)22-19/h4,6-7,11,15,25H,5,8-9H2,1-3H3,(H2,20,21,22)/t11-,15+/m1/s1. The van der Waals surface area contributed by atoms with Crippen molar-refractivity contribution in [1.82, 2.24) is 15.1 Å². The highest BCUT2D eigenvalue weighted by molar-refractivity contribution is 5.91. The number of benzene rings is 1. The van der Waals surface area contributed by atoms with Gasteiger partial charge in [0, 0.05) is 42.9 Å². The maximum absolute atomic E-state index is 10.5. The zero-order chi connectivity index (χ0) is 19.8. The van der Waals surface area contributed by atoms with Gasteiger partial charge in [0.2, 0.25) is 5.95 Å². The van der Waals surface area contributed by atoms with Crippen LogP contribution in [0.15, 0.2) is 22.7 Å². The van der Waals surface area contributed by atoms with E-state index in [0.29, 0.717) is 53.7 Å². The van der Waals surface area contributed by atoms with Gasteiger partial charge >= 0.3 is 0 Å². The average molecular weight is 385 g/mol. The minimum atomic E-state index is -0.517. The summed E-state index contributed by atoms with van der Waals surface area (Å²) in [6.45, 7) is 2.90. The van der Waals surface area contributed by atoms with Crippen molar-refractivity contribution < 1.29 is 19.1 Å². The number of aryl methyl sites for hydroxylation is 1. The number of aromatic nitrogens is 3. The zero-order valence-electron chi connectivity index (χ0n) is 16.0.